The van der Waals surface area contributed by atoms with Crippen molar-refractivity contribution in [3.63, 3.8) is 0 Å². The predicted molar refractivity (Wildman–Crippen MR) is 80.4 cm³/mol. The van der Waals surface area contributed by atoms with E-state index in [1.807, 2.05) is 0 Å². The highest BCUT2D eigenvalue weighted by Crippen LogP contribution is 2.37. The summed E-state index contributed by atoms with van der Waals surface area (Å²) in [6.45, 7) is 5.44. The van der Waals surface area contributed by atoms with E-state index < -0.39 is 68.7 Å². The van der Waals surface area contributed by atoms with E-state index in [0.717, 1.165) is 0 Å². The van der Waals surface area contributed by atoms with Gasteiger partial charge in [0.1, 0.15) is 5.25 Å². The lowest BCUT2D eigenvalue weighted by Crippen LogP contribution is -2.45. The second kappa shape index (κ2) is 7.42. The summed E-state index contributed by atoms with van der Waals surface area (Å²) in [7, 11) is -9.07. The van der Waals surface area contributed by atoms with Crippen LogP contribution in [0, 0.1) is 0 Å². The lowest BCUT2D eigenvalue weighted by atomic mass is 10.1. The Balaban J connectivity index is 2.61. The number of sulfonamides is 2. The molecule has 0 bridgehead atoms. The molecular weight excluding hydrogens is 372 g/mol. The highest BCUT2D eigenvalue weighted by molar-refractivity contribution is 8.13. The molecule has 0 aromatic rings. The van der Waals surface area contributed by atoms with Crippen molar-refractivity contribution in [1.29, 1.82) is 0 Å². The molecular formula is C12H18F2NO7S2-. The van der Waals surface area contributed by atoms with Crippen molar-refractivity contribution in [2.75, 3.05) is 12.4 Å². The van der Waals surface area contributed by atoms with Crippen molar-refractivity contribution in [3.05, 3.63) is 16.3 Å². The molecule has 2 atom stereocenters. The van der Waals surface area contributed by atoms with Gasteiger partial charge in [-0.1, -0.05) is 6.58 Å². The van der Waals surface area contributed by atoms with Crippen molar-refractivity contribution in [2.24, 2.45) is 0 Å². The van der Waals surface area contributed by atoms with Crippen LogP contribution < -0.4 is 0 Å². The van der Waals surface area contributed by atoms with Crippen LogP contribution in [0.25, 0.3) is 4.13 Å². The van der Waals surface area contributed by atoms with Crippen LogP contribution in [0.4, 0.5) is 8.78 Å². The molecule has 0 N–H and O–H groups in total. The van der Waals surface area contributed by atoms with Gasteiger partial charge in [0, 0.05) is 17.7 Å². The van der Waals surface area contributed by atoms with Gasteiger partial charge in [-0.3, -0.25) is 0 Å². The molecule has 1 saturated heterocycles. The number of ether oxygens (including phenoxy) is 2. The van der Waals surface area contributed by atoms with Crippen LogP contribution in [-0.2, 0) is 34.3 Å². The van der Waals surface area contributed by atoms with Gasteiger partial charge in [-0.2, -0.15) is 0 Å². The zero-order valence-corrected chi connectivity index (χ0v) is 14.7. The molecule has 2 unspecified atom stereocenters. The fraction of sp³-hybridized carbons (Fsp3) is 0.750. The van der Waals surface area contributed by atoms with E-state index in [0.29, 0.717) is 0 Å². The Kier molecular flexibility index (Phi) is 6.47. The van der Waals surface area contributed by atoms with Gasteiger partial charge in [0.05, 0.1) is 26.7 Å². The minimum absolute atomic E-state index is 0.104. The second-order valence-corrected chi connectivity index (χ2v) is 9.06. The summed E-state index contributed by atoms with van der Waals surface area (Å²) in [6.07, 6.45) is -2.87. The summed E-state index contributed by atoms with van der Waals surface area (Å²) in [5.74, 6) is -5.26. The second-order valence-electron chi connectivity index (χ2n) is 5.29. The number of hydrogen-bond acceptors (Lipinski definition) is 7. The first-order valence-corrected chi connectivity index (χ1v) is 9.95. The molecule has 1 rings (SSSR count). The van der Waals surface area contributed by atoms with Crippen LogP contribution in [0.5, 0.6) is 0 Å². The van der Waals surface area contributed by atoms with Gasteiger partial charge in [-0.05, 0) is 20.3 Å². The van der Waals surface area contributed by atoms with Crippen LogP contribution >= 0.6 is 0 Å². The van der Waals surface area contributed by atoms with Gasteiger partial charge >= 0.3 is 5.97 Å². The van der Waals surface area contributed by atoms with E-state index in [9.17, 15) is 30.4 Å². The van der Waals surface area contributed by atoms with Crippen molar-refractivity contribution in [2.45, 2.75) is 44.2 Å². The molecule has 1 fully saturated rings. The molecule has 0 aromatic heterocycles. The Bertz CT molecular complexity index is 703. The first-order valence-electron chi connectivity index (χ1n) is 6.83. The Morgan fingerprint density at radius 2 is 1.96 bits per heavy atom. The van der Waals surface area contributed by atoms with Crippen molar-refractivity contribution in [3.8, 4) is 0 Å². The Hall–Kier alpha value is -1.11. The summed E-state index contributed by atoms with van der Waals surface area (Å²) in [4.78, 5) is 11.2. The number of esters is 1. The largest absolute Gasteiger partial charge is 0.436 e. The third-order valence-electron chi connectivity index (χ3n) is 3.10. The molecule has 1 aliphatic heterocycles. The van der Waals surface area contributed by atoms with Gasteiger partial charge in [0.15, 0.2) is 6.29 Å². The molecule has 0 saturated carbocycles. The van der Waals surface area contributed by atoms with Crippen LogP contribution in [-0.4, -0.2) is 52.6 Å². The first-order chi connectivity index (χ1) is 10.8. The summed E-state index contributed by atoms with van der Waals surface area (Å²) >= 11 is 0. The fourth-order valence-corrected chi connectivity index (χ4v) is 5.52. The zero-order valence-electron chi connectivity index (χ0n) is 13.1. The molecule has 12 heteroatoms. The molecule has 0 aliphatic carbocycles. The maximum Gasteiger partial charge on any atom is 0.335 e. The maximum absolute atomic E-state index is 14.1. The SMILES string of the molecule is C=C(C)C(=O)OC(C)OCCC(F)(F)C1CCS(=O)(=O)[N-]S1(=O)=O. The standard InChI is InChI=1S/C12H18F2NO7S2/c1-8(2)11(16)22-9(3)21-6-5-12(13,14)10-4-7-23(17,18)15-24(10,19)20/h9-10H,1,4-7H2,2-3H3/q-1. The van der Waals surface area contributed by atoms with Crippen LogP contribution in [0.2, 0.25) is 0 Å². The average Bonchev–Trinajstić information content (AvgIpc) is 2.34. The highest BCUT2D eigenvalue weighted by Gasteiger charge is 2.46. The monoisotopic (exact) mass is 390 g/mol. The number of rotatable bonds is 7. The number of hydrogen-bond donors (Lipinski definition) is 0. The molecule has 1 heterocycles. The van der Waals surface area contributed by atoms with Crippen molar-refractivity contribution < 1.29 is 39.9 Å². The lowest BCUT2D eigenvalue weighted by Gasteiger charge is -2.37. The molecule has 8 nitrogen and oxygen atoms in total. The van der Waals surface area contributed by atoms with Gasteiger partial charge < -0.3 is 13.6 Å². The number of carbonyl (C=O) groups excluding carboxylic acids is 1. The summed E-state index contributed by atoms with van der Waals surface area (Å²) < 4.78 is 85.8. The predicted octanol–water partition coefficient (Wildman–Crippen LogP) is 1.30. The van der Waals surface area contributed by atoms with E-state index >= 15 is 0 Å². The molecule has 0 radical (unpaired) electrons. The number of carbonyl (C=O) groups is 1. The highest BCUT2D eigenvalue weighted by atomic mass is 32.3. The quantitative estimate of drug-likeness (QED) is 0.365. The molecule has 140 valence electrons. The Morgan fingerprint density at radius 1 is 1.38 bits per heavy atom. The fourth-order valence-electron chi connectivity index (χ4n) is 1.89. The van der Waals surface area contributed by atoms with E-state index in [2.05, 4.69) is 10.7 Å². The molecule has 1 aliphatic rings. The third kappa shape index (κ3) is 5.76. The zero-order chi connectivity index (χ0) is 18.8. The topological polar surface area (TPSA) is 118 Å². The van der Waals surface area contributed by atoms with Crippen molar-refractivity contribution in [1.82, 2.24) is 0 Å². The van der Waals surface area contributed by atoms with Gasteiger partial charge in [-0.25, -0.2) is 30.4 Å². The molecule has 0 amide bonds. The summed E-state index contributed by atoms with van der Waals surface area (Å²) in [6, 6.07) is 0. The number of alkyl halides is 2. The smallest absolute Gasteiger partial charge is 0.335 e. The number of nitrogens with zero attached hydrogens (tertiary/aromatic N) is 1. The molecule has 0 aromatic carbocycles. The van der Waals surface area contributed by atoms with E-state index in [4.69, 9.17) is 9.47 Å². The van der Waals surface area contributed by atoms with Gasteiger partial charge in [0.2, 0.25) is 0 Å². The minimum atomic E-state index is -4.84. The third-order valence-corrected chi connectivity index (χ3v) is 6.89. The average molecular weight is 390 g/mol. The van der Waals surface area contributed by atoms with E-state index in [1.54, 1.807) is 0 Å². The minimum Gasteiger partial charge on any atom is -0.436 e. The van der Waals surface area contributed by atoms with Gasteiger partial charge in [0.25, 0.3) is 5.92 Å². The Morgan fingerprint density at radius 3 is 2.46 bits per heavy atom. The Labute approximate surface area is 139 Å². The normalized spacial score (nSPS) is 24.1. The summed E-state index contributed by atoms with van der Waals surface area (Å²) in [5.41, 5.74) is 0.104. The maximum atomic E-state index is 14.1. The van der Waals surface area contributed by atoms with Crippen LogP contribution in [0.3, 0.4) is 0 Å². The van der Waals surface area contributed by atoms with Crippen LogP contribution in [0.1, 0.15) is 26.7 Å². The van der Waals surface area contributed by atoms with E-state index in [-0.39, 0.29) is 5.57 Å². The molecule has 0 spiro atoms. The van der Waals surface area contributed by atoms with Crippen LogP contribution in [0.15, 0.2) is 12.2 Å². The first kappa shape index (κ1) is 20.9. The van der Waals surface area contributed by atoms with Crippen molar-refractivity contribution >= 4 is 26.0 Å². The lowest BCUT2D eigenvalue weighted by molar-refractivity contribution is -0.173. The molecule has 24 heavy (non-hydrogen) atoms. The summed E-state index contributed by atoms with van der Waals surface area (Å²) in [5, 5.41) is -2.23. The van der Waals surface area contributed by atoms with E-state index in [1.165, 1.54) is 13.8 Å². The number of halogens is 2. The van der Waals surface area contributed by atoms with Gasteiger partial charge in [-0.15, -0.1) is 0 Å².